The van der Waals surface area contributed by atoms with E-state index in [9.17, 15) is 12.8 Å². The van der Waals surface area contributed by atoms with Gasteiger partial charge in [-0.05, 0) is 67.4 Å². The molecule has 2 aromatic carbocycles. The van der Waals surface area contributed by atoms with Crippen molar-refractivity contribution in [3.8, 4) is 33.9 Å². The number of rotatable bonds is 8. The molecule has 0 aliphatic carbocycles. The summed E-state index contributed by atoms with van der Waals surface area (Å²) in [7, 11) is -3.44. The van der Waals surface area contributed by atoms with Gasteiger partial charge < -0.3 is 10.3 Å². The van der Waals surface area contributed by atoms with Gasteiger partial charge in [-0.25, -0.2) is 22.5 Å². The summed E-state index contributed by atoms with van der Waals surface area (Å²) in [6.07, 6.45) is 6.30. The van der Waals surface area contributed by atoms with Crippen molar-refractivity contribution < 1.29 is 12.8 Å². The number of sulfonamides is 1. The van der Waals surface area contributed by atoms with Crippen LogP contribution in [0.15, 0.2) is 67.1 Å². The minimum Gasteiger partial charge on any atom is -0.382 e. The molecule has 0 spiro atoms. The highest BCUT2D eigenvalue weighted by Crippen LogP contribution is 2.33. The monoisotopic (exact) mass is 570 g/mol. The number of hydrogen-bond acceptors (Lipinski definition) is 7. The molecule has 10 nitrogen and oxygen atoms in total. The first-order chi connectivity index (χ1) is 19.6. The predicted octanol–water partition coefficient (Wildman–Crippen LogP) is 5.24. The molecule has 0 aliphatic rings. The fraction of sp³-hybridized carbons (Fsp3) is 0.172. The molecule has 0 radical (unpaired) electrons. The Labute approximate surface area is 235 Å². The Kier molecular flexibility index (Phi) is 6.72. The summed E-state index contributed by atoms with van der Waals surface area (Å²) in [5.74, 6) is 0.0247. The number of halogens is 1. The summed E-state index contributed by atoms with van der Waals surface area (Å²) in [4.78, 5) is 17.0. The molecular weight excluding hydrogens is 543 g/mol. The fourth-order valence-electron chi connectivity index (χ4n) is 4.75. The highest BCUT2D eigenvalue weighted by molar-refractivity contribution is 7.88. The van der Waals surface area contributed by atoms with Crippen LogP contribution >= 0.6 is 0 Å². The van der Waals surface area contributed by atoms with Crippen molar-refractivity contribution >= 4 is 37.6 Å². The van der Waals surface area contributed by atoms with Gasteiger partial charge in [-0.2, -0.15) is 5.10 Å². The lowest BCUT2D eigenvalue weighted by Crippen LogP contribution is -2.21. The molecule has 12 heteroatoms. The maximum atomic E-state index is 14.5. The van der Waals surface area contributed by atoms with Crippen molar-refractivity contribution in [2.75, 3.05) is 11.6 Å². The number of aromatic amines is 2. The Balaban J connectivity index is 1.40. The average Bonchev–Trinajstić information content (AvgIpc) is 3.54. The molecule has 6 aromatic rings. The average molecular weight is 571 g/mol. The highest BCUT2D eigenvalue weighted by Gasteiger charge is 2.17. The maximum Gasteiger partial charge on any atom is 0.209 e. The van der Waals surface area contributed by atoms with E-state index >= 15 is 0 Å². The lowest BCUT2D eigenvalue weighted by Gasteiger charge is -2.11. The number of nitrogens with one attached hydrogen (secondary N) is 4. The summed E-state index contributed by atoms with van der Waals surface area (Å²) >= 11 is 0. The van der Waals surface area contributed by atoms with Gasteiger partial charge in [0.2, 0.25) is 10.0 Å². The first-order valence-electron chi connectivity index (χ1n) is 12.9. The van der Waals surface area contributed by atoms with Crippen molar-refractivity contribution in [1.82, 2.24) is 34.9 Å². The van der Waals surface area contributed by atoms with E-state index < -0.39 is 15.8 Å². The zero-order chi connectivity index (χ0) is 28.7. The molecule has 0 unspecified atom stereocenters. The Hall–Kier alpha value is -4.68. The molecule has 4 N–H and O–H groups in total. The zero-order valence-corrected chi connectivity index (χ0v) is 23.3. The highest BCUT2D eigenvalue weighted by atomic mass is 32.2. The van der Waals surface area contributed by atoms with Crippen LogP contribution in [0.1, 0.15) is 19.4 Å². The van der Waals surface area contributed by atoms with E-state index in [4.69, 9.17) is 4.98 Å². The molecule has 0 aliphatic heterocycles. The van der Waals surface area contributed by atoms with Gasteiger partial charge in [-0.15, -0.1) is 0 Å². The maximum absolute atomic E-state index is 14.5. The Morgan fingerprint density at radius 2 is 1.80 bits per heavy atom. The second-order valence-electron chi connectivity index (χ2n) is 10.2. The third kappa shape index (κ3) is 5.65. The van der Waals surface area contributed by atoms with Gasteiger partial charge in [-0.1, -0.05) is 6.07 Å². The third-order valence-corrected chi connectivity index (χ3v) is 7.15. The molecule has 0 bridgehead atoms. The van der Waals surface area contributed by atoms with Crippen LogP contribution in [-0.4, -0.2) is 50.8 Å². The van der Waals surface area contributed by atoms with Gasteiger partial charge in [0, 0.05) is 47.7 Å². The predicted molar refractivity (Wildman–Crippen MR) is 158 cm³/mol. The molecule has 0 amide bonds. The van der Waals surface area contributed by atoms with Gasteiger partial charge >= 0.3 is 0 Å². The van der Waals surface area contributed by atoms with Crippen LogP contribution in [0.3, 0.4) is 0 Å². The van der Waals surface area contributed by atoms with Gasteiger partial charge in [0.25, 0.3) is 0 Å². The number of imidazole rings is 1. The Bertz CT molecular complexity index is 2020. The summed E-state index contributed by atoms with van der Waals surface area (Å²) in [5, 5.41) is 11.9. The number of benzene rings is 2. The second kappa shape index (κ2) is 10.4. The van der Waals surface area contributed by atoms with Crippen molar-refractivity contribution in [2.24, 2.45) is 0 Å². The standard InChI is InChI=1S/C29H27FN8O2S/c1-16(2)34-22-11-20(14-31-15-22)18-4-5-24-23(12-18)27(38-37-24)29-35-25-6-7-32-26(28(25)36-29)19-8-17(9-21(30)10-19)13-33-41(3,39)40/h4-12,14-16,33-34H,13H2,1-3H3,(H,35,36)(H,37,38). The Morgan fingerprint density at radius 1 is 0.951 bits per heavy atom. The Morgan fingerprint density at radius 3 is 2.61 bits per heavy atom. The van der Waals surface area contributed by atoms with E-state index in [0.29, 0.717) is 39.4 Å². The van der Waals surface area contributed by atoms with Gasteiger partial charge in [0.05, 0.1) is 28.7 Å². The number of hydrogen-bond donors (Lipinski definition) is 4. The van der Waals surface area contributed by atoms with Crippen LogP contribution in [0.2, 0.25) is 0 Å². The van der Waals surface area contributed by atoms with Gasteiger partial charge in [0.15, 0.2) is 5.82 Å². The summed E-state index contributed by atoms with van der Waals surface area (Å²) < 4.78 is 40.0. The topological polar surface area (TPSA) is 141 Å². The number of anilines is 1. The molecule has 0 atom stereocenters. The summed E-state index contributed by atoms with van der Waals surface area (Å²) in [5.41, 5.74) is 7.02. The summed E-state index contributed by atoms with van der Waals surface area (Å²) in [6, 6.07) is 14.5. The number of fused-ring (bicyclic) bond motifs is 2. The fourth-order valence-corrected chi connectivity index (χ4v) is 5.18. The third-order valence-electron chi connectivity index (χ3n) is 6.48. The largest absolute Gasteiger partial charge is 0.382 e. The molecule has 0 fully saturated rings. The van der Waals surface area contributed by atoms with Crippen LogP contribution < -0.4 is 10.0 Å². The second-order valence-corrected chi connectivity index (χ2v) is 12.0. The molecule has 4 heterocycles. The smallest absolute Gasteiger partial charge is 0.209 e. The van der Waals surface area contributed by atoms with Crippen LogP contribution in [0.5, 0.6) is 0 Å². The first-order valence-corrected chi connectivity index (χ1v) is 14.8. The van der Waals surface area contributed by atoms with E-state index in [1.165, 1.54) is 12.1 Å². The molecular formula is C29H27FN8O2S. The number of H-pyrrole nitrogens is 2. The van der Waals surface area contributed by atoms with Crippen molar-refractivity contribution in [3.63, 3.8) is 0 Å². The number of aromatic nitrogens is 6. The van der Waals surface area contributed by atoms with E-state index in [0.717, 1.165) is 34.0 Å². The van der Waals surface area contributed by atoms with Crippen molar-refractivity contribution in [1.29, 1.82) is 0 Å². The van der Waals surface area contributed by atoms with Crippen molar-refractivity contribution in [3.05, 3.63) is 78.5 Å². The molecule has 41 heavy (non-hydrogen) atoms. The molecule has 208 valence electrons. The van der Waals surface area contributed by atoms with Crippen molar-refractivity contribution in [2.45, 2.75) is 26.4 Å². The molecule has 6 rings (SSSR count). The normalized spacial score (nSPS) is 12.0. The van der Waals surface area contributed by atoms with Gasteiger partial charge in [0.1, 0.15) is 17.0 Å². The zero-order valence-electron chi connectivity index (χ0n) is 22.5. The number of pyridine rings is 2. The van der Waals surface area contributed by atoms with E-state index in [2.05, 4.69) is 55.1 Å². The quantitative estimate of drug-likeness (QED) is 0.196. The van der Waals surface area contributed by atoms with E-state index in [-0.39, 0.29) is 12.6 Å². The van der Waals surface area contributed by atoms with Gasteiger partial charge in [-0.3, -0.25) is 15.1 Å². The number of nitrogens with zero attached hydrogens (tertiary/aromatic N) is 4. The minimum atomic E-state index is -3.44. The van der Waals surface area contributed by atoms with E-state index in [1.807, 2.05) is 24.4 Å². The van der Waals surface area contributed by atoms with Crippen LogP contribution in [-0.2, 0) is 16.6 Å². The minimum absolute atomic E-state index is 0.0427. The molecule has 0 saturated carbocycles. The lowest BCUT2D eigenvalue weighted by molar-refractivity contribution is 0.586. The van der Waals surface area contributed by atoms with Crippen LogP contribution in [0.25, 0.3) is 55.8 Å². The molecule has 4 aromatic heterocycles. The molecule has 0 saturated heterocycles. The first kappa shape index (κ1) is 26.5. The lowest BCUT2D eigenvalue weighted by atomic mass is 10.0. The van der Waals surface area contributed by atoms with Crippen LogP contribution in [0.4, 0.5) is 10.1 Å². The summed E-state index contributed by atoms with van der Waals surface area (Å²) in [6.45, 7) is 4.11. The SMILES string of the molecule is CC(C)Nc1cncc(-c2ccc3[nH]nc(-c4nc5c(-c6cc(F)cc(CNS(C)(=O)=O)c6)nccc5[nH]4)c3c2)c1. The van der Waals surface area contributed by atoms with Crippen LogP contribution in [0, 0.1) is 5.82 Å². The van der Waals surface area contributed by atoms with E-state index in [1.54, 1.807) is 24.5 Å².